The Hall–Kier alpha value is -0.760. The molecule has 0 amide bonds. The van der Waals surface area contributed by atoms with E-state index in [-0.39, 0.29) is 12.2 Å². The zero-order valence-electron chi connectivity index (χ0n) is 21.4. The van der Waals surface area contributed by atoms with Gasteiger partial charge >= 0.3 is 7.60 Å². The van der Waals surface area contributed by atoms with Gasteiger partial charge in [0.2, 0.25) is 10.0 Å². The Balaban J connectivity index is 2.57. The van der Waals surface area contributed by atoms with E-state index in [1.807, 2.05) is 60.6 Å². The van der Waals surface area contributed by atoms with Crippen LogP contribution in [0.5, 0.6) is 0 Å². The lowest BCUT2D eigenvalue weighted by Gasteiger charge is -2.31. The van der Waals surface area contributed by atoms with Crippen molar-refractivity contribution in [1.82, 2.24) is 4.72 Å². The Morgan fingerprint density at radius 1 is 0.938 bits per heavy atom. The van der Waals surface area contributed by atoms with Crippen molar-refractivity contribution in [1.29, 1.82) is 0 Å². The highest BCUT2D eigenvalue weighted by atomic mass is 32.2. The second-order valence-electron chi connectivity index (χ2n) is 9.86. The molecular formula is C23H44N2O5PS+. The number of hydrogen-bond acceptors (Lipinski definition) is 5. The Labute approximate surface area is 196 Å². The zero-order chi connectivity index (χ0) is 24.7. The normalized spacial score (nSPS) is 13.3. The first kappa shape index (κ1) is 29.3. The van der Waals surface area contributed by atoms with Crippen molar-refractivity contribution in [3.63, 3.8) is 0 Å². The third kappa shape index (κ3) is 10.0. The van der Waals surface area contributed by atoms with Crippen molar-refractivity contribution >= 4 is 17.6 Å². The smallest absolute Gasteiger partial charge is 0.328 e. The molecule has 1 N–H and O–H groups in total. The highest BCUT2D eigenvalue weighted by Gasteiger charge is 2.29. The van der Waals surface area contributed by atoms with Crippen LogP contribution in [0, 0.1) is 20.8 Å². The van der Waals surface area contributed by atoms with Gasteiger partial charge in [-0.1, -0.05) is 17.7 Å². The van der Waals surface area contributed by atoms with E-state index < -0.39 is 17.6 Å². The van der Waals surface area contributed by atoms with Crippen molar-refractivity contribution in [3.8, 4) is 0 Å². The fraction of sp³-hybridized carbons (Fsp3) is 0.739. The summed E-state index contributed by atoms with van der Waals surface area (Å²) < 4.78 is 53.2. The number of quaternary nitrogens is 1. The summed E-state index contributed by atoms with van der Waals surface area (Å²) in [6.45, 7) is 15.0. The minimum atomic E-state index is -3.54. The van der Waals surface area contributed by atoms with Crippen LogP contribution in [0.15, 0.2) is 17.0 Å². The molecule has 0 aliphatic rings. The Bertz CT molecular complexity index is 861. The molecule has 0 fully saturated rings. The van der Waals surface area contributed by atoms with E-state index >= 15 is 0 Å². The topological polar surface area (TPSA) is 81.7 Å². The summed E-state index contributed by atoms with van der Waals surface area (Å²) in [6, 6.07) is 3.79. The lowest BCUT2D eigenvalue weighted by Crippen LogP contribution is -2.42. The molecule has 0 heterocycles. The summed E-state index contributed by atoms with van der Waals surface area (Å²) >= 11 is 0. The van der Waals surface area contributed by atoms with Crippen molar-refractivity contribution in [3.05, 3.63) is 28.8 Å². The van der Waals surface area contributed by atoms with Crippen LogP contribution in [0.4, 0.5) is 0 Å². The maximum atomic E-state index is 13.0. The third-order valence-corrected chi connectivity index (χ3v) is 9.16. The summed E-state index contributed by atoms with van der Waals surface area (Å²) in [5, 5.41) is 0. The molecule has 32 heavy (non-hydrogen) atoms. The summed E-state index contributed by atoms with van der Waals surface area (Å²) in [5.41, 5.74) is 2.59. The van der Waals surface area contributed by atoms with Gasteiger partial charge in [0.05, 0.1) is 50.5 Å². The van der Waals surface area contributed by atoms with Crippen LogP contribution < -0.4 is 4.72 Å². The molecular weight excluding hydrogens is 447 g/mol. The molecule has 0 bridgehead atoms. The maximum Gasteiger partial charge on any atom is 0.331 e. The van der Waals surface area contributed by atoms with Gasteiger partial charge in [0, 0.05) is 19.4 Å². The average Bonchev–Trinajstić information content (AvgIpc) is 2.55. The second-order valence-corrected chi connectivity index (χ2v) is 13.7. The lowest BCUT2D eigenvalue weighted by atomic mass is 10.1. The maximum absolute atomic E-state index is 13.0. The Morgan fingerprint density at radius 2 is 1.41 bits per heavy atom. The third-order valence-electron chi connectivity index (χ3n) is 5.04. The van der Waals surface area contributed by atoms with E-state index in [1.54, 1.807) is 0 Å². The summed E-state index contributed by atoms with van der Waals surface area (Å²) in [4.78, 5) is 0.378. The molecule has 7 nitrogen and oxygen atoms in total. The second kappa shape index (κ2) is 12.1. The van der Waals surface area contributed by atoms with Crippen molar-refractivity contribution in [2.24, 2.45) is 0 Å². The van der Waals surface area contributed by atoms with Gasteiger partial charge < -0.3 is 13.5 Å². The first-order valence-corrected chi connectivity index (χ1v) is 14.6. The quantitative estimate of drug-likeness (QED) is 0.230. The van der Waals surface area contributed by atoms with Gasteiger partial charge in [-0.05, 0) is 59.6 Å². The van der Waals surface area contributed by atoms with E-state index in [1.165, 1.54) is 0 Å². The van der Waals surface area contributed by atoms with Gasteiger partial charge in [-0.3, -0.25) is 4.57 Å². The van der Waals surface area contributed by atoms with Gasteiger partial charge in [-0.2, -0.15) is 0 Å². The summed E-state index contributed by atoms with van der Waals surface area (Å²) in [5.74, 6) is 0. The SMILES string of the molecule is Cc1cc(C)c(S(=O)(=O)NCCC[N+](C)(C)CCCP(=O)(OC(C)C)OC(C)C)c(C)c1. The standard InChI is InChI=1S/C23H44N2O5PS/c1-18(2)29-31(26,30-19(3)4)15-11-14-25(8,9)13-10-12-24-32(27,28)23-21(6)16-20(5)17-22(23)7/h16-19,24H,10-15H2,1-9H3/q+1. The molecule has 1 aromatic rings. The van der Waals surface area contributed by atoms with E-state index in [4.69, 9.17) is 9.05 Å². The number of benzene rings is 1. The van der Waals surface area contributed by atoms with Crippen LogP contribution >= 0.6 is 7.60 Å². The number of nitrogens with one attached hydrogen (secondary N) is 1. The lowest BCUT2D eigenvalue weighted by molar-refractivity contribution is -0.890. The van der Waals surface area contributed by atoms with Gasteiger partial charge in [-0.25, -0.2) is 13.1 Å². The van der Waals surface area contributed by atoms with Crippen molar-refractivity contribution in [2.45, 2.75) is 78.4 Å². The van der Waals surface area contributed by atoms with Crippen LogP contribution in [-0.2, 0) is 23.6 Å². The largest absolute Gasteiger partial charge is 0.331 e. The molecule has 0 radical (unpaired) electrons. The van der Waals surface area contributed by atoms with Crippen LogP contribution in [0.3, 0.4) is 0 Å². The molecule has 0 saturated carbocycles. The van der Waals surface area contributed by atoms with Crippen LogP contribution in [0.2, 0.25) is 0 Å². The molecule has 0 aromatic heterocycles. The van der Waals surface area contributed by atoms with E-state index in [0.717, 1.165) is 29.8 Å². The number of rotatable bonds is 14. The Morgan fingerprint density at radius 3 is 1.88 bits per heavy atom. The molecule has 0 saturated heterocycles. The van der Waals surface area contributed by atoms with Gasteiger partial charge in [-0.15, -0.1) is 0 Å². The first-order chi connectivity index (χ1) is 14.6. The molecule has 1 aromatic carbocycles. The highest BCUT2D eigenvalue weighted by molar-refractivity contribution is 7.89. The van der Waals surface area contributed by atoms with E-state index in [9.17, 15) is 13.0 Å². The number of sulfonamides is 1. The predicted octanol–water partition coefficient (Wildman–Crippen LogP) is 4.79. The van der Waals surface area contributed by atoms with Gasteiger partial charge in [0.15, 0.2) is 0 Å². The highest BCUT2D eigenvalue weighted by Crippen LogP contribution is 2.51. The fourth-order valence-electron chi connectivity index (χ4n) is 3.95. The monoisotopic (exact) mass is 491 g/mol. The van der Waals surface area contributed by atoms with E-state index in [2.05, 4.69) is 18.8 Å². The fourth-order valence-corrected chi connectivity index (χ4v) is 7.55. The van der Waals surface area contributed by atoms with E-state index in [0.29, 0.717) is 34.9 Å². The minimum Gasteiger partial charge on any atom is -0.328 e. The molecule has 1 rings (SSSR count). The van der Waals surface area contributed by atoms with Crippen LogP contribution in [-0.4, -0.2) is 65.0 Å². The summed E-state index contributed by atoms with van der Waals surface area (Å²) in [7, 11) is -2.47. The predicted molar refractivity (Wildman–Crippen MR) is 132 cm³/mol. The zero-order valence-corrected chi connectivity index (χ0v) is 23.1. The molecule has 0 aliphatic carbocycles. The van der Waals surface area contributed by atoms with Gasteiger partial charge in [0.1, 0.15) is 0 Å². The van der Waals surface area contributed by atoms with Crippen LogP contribution in [0.25, 0.3) is 0 Å². The number of hydrogen-bond donors (Lipinski definition) is 1. The minimum absolute atomic E-state index is 0.157. The van der Waals surface area contributed by atoms with Crippen molar-refractivity contribution in [2.75, 3.05) is 39.9 Å². The number of aryl methyl sites for hydroxylation is 3. The van der Waals surface area contributed by atoms with Crippen molar-refractivity contribution < 1.29 is 26.5 Å². The molecule has 9 heteroatoms. The molecule has 0 spiro atoms. The molecule has 0 aliphatic heterocycles. The molecule has 0 atom stereocenters. The molecule has 0 unspecified atom stereocenters. The Kier molecular flexibility index (Phi) is 11.1. The van der Waals surface area contributed by atoms with Crippen LogP contribution in [0.1, 0.15) is 57.2 Å². The average molecular weight is 492 g/mol. The molecule has 186 valence electrons. The number of nitrogens with zero attached hydrogens (tertiary/aromatic N) is 1. The van der Waals surface area contributed by atoms with Gasteiger partial charge in [0.25, 0.3) is 0 Å². The summed E-state index contributed by atoms with van der Waals surface area (Å²) in [6.07, 6.45) is 1.48. The first-order valence-electron chi connectivity index (χ1n) is 11.4.